The molecule has 1 heterocycles. The topological polar surface area (TPSA) is 171 Å². The summed E-state index contributed by atoms with van der Waals surface area (Å²) in [5, 5.41) is 14.4. The molecule has 18 heteroatoms. The van der Waals surface area contributed by atoms with Gasteiger partial charge in [-0.3, -0.25) is 13.3 Å². The van der Waals surface area contributed by atoms with Crippen molar-refractivity contribution >= 4 is 76.3 Å². The van der Waals surface area contributed by atoms with Crippen molar-refractivity contribution in [1.82, 2.24) is 4.31 Å². The lowest BCUT2D eigenvalue weighted by Crippen LogP contribution is -2.48. The number of aliphatic hydroxyl groups excluding tert-OH is 1. The molecule has 13 nitrogen and oxygen atoms in total. The van der Waals surface area contributed by atoms with Crippen LogP contribution >= 0.6 is 23.2 Å². The molecule has 278 valence electrons. The number of sulfonamides is 2. The van der Waals surface area contributed by atoms with E-state index in [9.17, 15) is 35.2 Å². The van der Waals surface area contributed by atoms with Gasteiger partial charge in [-0.15, -0.1) is 0 Å². The standard InChI is InChI=1S/C34H36Cl2N4O9S3/c1-23-4-9-30(10-5-23)52(47,48)49-22-33(41)24-6-13-32(38(2)50(3,43)44)31(18-24)34(42)37-27-7-11-29(12-8-27)51(45,46)40-16-14-39(15-17-40)28-20-25(35)19-26(36)21-28/h4-13,18-21,33,41H,14-17,22H2,1-3H3,(H,37,42)/t33-/m0/s1. The minimum absolute atomic E-state index is 0.00737. The third-order valence-corrected chi connectivity index (χ3v) is 13.2. The maximum atomic E-state index is 13.6. The van der Waals surface area contributed by atoms with Crippen LogP contribution < -0.4 is 14.5 Å². The summed E-state index contributed by atoms with van der Waals surface area (Å²) in [7, 11) is -10.7. The third kappa shape index (κ3) is 9.24. The van der Waals surface area contributed by atoms with Crippen LogP contribution in [0.1, 0.15) is 27.6 Å². The van der Waals surface area contributed by atoms with Crippen LogP contribution in [-0.2, 0) is 34.3 Å². The molecule has 0 aliphatic carbocycles. The van der Waals surface area contributed by atoms with Crippen LogP contribution in [-0.4, -0.2) is 86.7 Å². The average Bonchev–Trinajstić information content (AvgIpc) is 3.09. The van der Waals surface area contributed by atoms with Crippen molar-refractivity contribution in [3.05, 3.63) is 112 Å². The second kappa shape index (κ2) is 15.7. The highest BCUT2D eigenvalue weighted by Crippen LogP contribution is 2.30. The van der Waals surface area contributed by atoms with E-state index in [4.69, 9.17) is 27.4 Å². The number of piperazine rings is 1. The summed E-state index contributed by atoms with van der Waals surface area (Å²) in [5.41, 5.74) is 1.73. The zero-order valence-corrected chi connectivity index (χ0v) is 32.2. The minimum atomic E-state index is -4.21. The average molecular weight is 812 g/mol. The number of anilines is 3. The Balaban J connectivity index is 1.30. The normalized spacial score (nSPS) is 14.9. The molecule has 0 radical (unpaired) electrons. The van der Waals surface area contributed by atoms with Gasteiger partial charge in [0, 0.05) is 54.6 Å². The summed E-state index contributed by atoms with van der Waals surface area (Å²) < 4.78 is 84.4. The first-order valence-corrected chi connectivity index (χ1v) is 21.1. The molecule has 1 saturated heterocycles. The van der Waals surface area contributed by atoms with Gasteiger partial charge in [-0.1, -0.05) is 47.0 Å². The molecular weight excluding hydrogens is 775 g/mol. The van der Waals surface area contributed by atoms with Crippen molar-refractivity contribution in [3.8, 4) is 0 Å². The van der Waals surface area contributed by atoms with Crippen LogP contribution in [0, 0.1) is 6.92 Å². The van der Waals surface area contributed by atoms with Gasteiger partial charge >= 0.3 is 0 Å². The molecule has 4 aromatic rings. The van der Waals surface area contributed by atoms with Crippen molar-refractivity contribution < 1.29 is 39.3 Å². The lowest BCUT2D eigenvalue weighted by atomic mass is 10.0. The highest BCUT2D eigenvalue weighted by Gasteiger charge is 2.29. The Hall–Kier alpha value is -3.74. The molecule has 0 bridgehead atoms. The first-order chi connectivity index (χ1) is 24.3. The molecule has 1 amide bonds. The number of aryl methyl sites for hydroxylation is 1. The molecule has 0 aromatic heterocycles. The lowest BCUT2D eigenvalue weighted by molar-refractivity contribution is 0.102. The van der Waals surface area contributed by atoms with Gasteiger partial charge in [-0.2, -0.15) is 12.7 Å². The molecule has 1 aliphatic heterocycles. The Labute approximate surface area is 313 Å². The monoisotopic (exact) mass is 810 g/mol. The van der Waals surface area contributed by atoms with E-state index in [1.807, 2.05) is 4.90 Å². The second-order valence-corrected chi connectivity index (χ2v) is 18.5. The molecule has 0 unspecified atom stereocenters. The van der Waals surface area contributed by atoms with Crippen LogP contribution in [0.2, 0.25) is 10.0 Å². The zero-order valence-electron chi connectivity index (χ0n) is 28.2. The summed E-state index contributed by atoms with van der Waals surface area (Å²) in [6, 6.07) is 20.5. The fourth-order valence-corrected chi connectivity index (χ4v) is 8.75. The van der Waals surface area contributed by atoms with Gasteiger partial charge in [-0.05, 0) is 79.2 Å². The van der Waals surface area contributed by atoms with Gasteiger partial charge in [0.1, 0.15) is 6.10 Å². The molecule has 1 aliphatic rings. The zero-order chi connectivity index (χ0) is 38.0. The van der Waals surface area contributed by atoms with Crippen molar-refractivity contribution in [2.24, 2.45) is 0 Å². The number of carbonyl (C=O) groups is 1. The van der Waals surface area contributed by atoms with E-state index < -0.39 is 48.8 Å². The number of nitrogens with one attached hydrogen (secondary N) is 1. The van der Waals surface area contributed by atoms with Gasteiger partial charge in [0.15, 0.2) is 0 Å². The summed E-state index contributed by atoms with van der Waals surface area (Å²) in [6.07, 6.45) is -0.563. The van der Waals surface area contributed by atoms with Crippen LogP contribution in [0.4, 0.5) is 17.1 Å². The Morgan fingerprint density at radius 2 is 1.42 bits per heavy atom. The number of amides is 1. The van der Waals surface area contributed by atoms with Crippen molar-refractivity contribution in [2.75, 3.05) is 60.6 Å². The van der Waals surface area contributed by atoms with Crippen LogP contribution in [0.3, 0.4) is 0 Å². The van der Waals surface area contributed by atoms with Gasteiger partial charge in [-0.25, -0.2) is 16.8 Å². The van der Waals surface area contributed by atoms with Crippen LogP contribution in [0.5, 0.6) is 0 Å². The maximum absolute atomic E-state index is 13.6. The Morgan fingerprint density at radius 1 is 0.846 bits per heavy atom. The molecule has 0 spiro atoms. The van der Waals surface area contributed by atoms with E-state index in [2.05, 4.69) is 5.32 Å². The maximum Gasteiger partial charge on any atom is 0.297 e. The fraction of sp³-hybridized carbons (Fsp3) is 0.265. The van der Waals surface area contributed by atoms with Crippen molar-refractivity contribution in [2.45, 2.75) is 22.8 Å². The van der Waals surface area contributed by atoms with E-state index in [0.29, 0.717) is 23.1 Å². The molecule has 0 saturated carbocycles. The molecule has 1 fully saturated rings. The first-order valence-electron chi connectivity index (χ1n) is 15.7. The quantitative estimate of drug-likeness (QED) is 0.188. The highest BCUT2D eigenvalue weighted by molar-refractivity contribution is 7.92. The number of rotatable bonds is 12. The van der Waals surface area contributed by atoms with E-state index >= 15 is 0 Å². The van der Waals surface area contributed by atoms with Gasteiger partial charge < -0.3 is 15.3 Å². The van der Waals surface area contributed by atoms with Gasteiger partial charge in [0.05, 0.1) is 33.9 Å². The van der Waals surface area contributed by atoms with Crippen molar-refractivity contribution in [1.29, 1.82) is 0 Å². The molecule has 52 heavy (non-hydrogen) atoms. The van der Waals surface area contributed by atoms with Gasteiger partial charge in [0.25, 0.3) is 16.0 Å². The number of hydrogen-bond acceptors (Lipinski definition) is 10. The number of benzene rings is 4. The Morgan fingerprint density at radius 3 is 2.00 bits per heavy atom. The van der Waals surface area contributed by atoms with E-state index in [1.165, 1.54) is 66.0 Å². The first kappa shape index (κ1) is 39.5. The summed E-state index contributed by atoms with van der Waals surface area (Å²) in [4.78, 5) is 15.5. The molecule has 1 atom stereocenters. The molecule has 4 aromatic carbocycles. The number of nitrogens with zero attached hydrogens (tertiary/aromatic N) is 3. The predicted octanol–water partition coefficient (Wildman–Crippen LogP) is 4.90. The van der Waals surface area contributed by atoms with E-state index in [0.717, 1.165) is 21.8 Å². The van der Waals surface area contributed by atoms with Gasteiger partial charge in [0.2, 0.25) is 20.0 Å². The number of carbonyl (C=O) groups excluding carboxylic acids is 1. The Kier molecular flexibility index (Phi) is 11.9. The lowest BCUT2D eigenvalue weighted by Gasteiger charge is -2.35. The summed E-state index contributed by atoms with van der Waals surface area (Å²) in [6.45, 7) is 2.37. The van der Waals surface area contributed by atoms with Crippen molar-refractivity contribution in [3.63, 3.8) is 0 Å². The van der Waals surface area contributed by atoms with Crippen LogP contribution in [0.15, 0.2) is 94.7 Å². The highest BCUT2D eigenvalue weighted by atomic mass is 35.5. The van der Waals surface area contributed by atoms with Crippen LogP contribution in [0.25, 0.3) is 0 Å². The second-order valence-electron chi connectivity index (χ2n) is 12.1. The molecule has 2 N–H and O–H groups in total. The minimum Gasteiger partial charge on any atom is -0.386 e. The number of aliphatic hydroxyl groups is 1. The molecule has 5 rings (SSSR count). The Bertz CT molecular complexity index is 2260. The fourth-order valence-electron chi connectivity index (χ4n) is 5.39. The smallest absolute Gasteiger partial charge is 0.297 e. The number of halogens is 2. The molecular formula is C34H36Cl2N4O9S3. The predicted molar refractivity (Wildman–Crippen MR) is 201 cm³/mol. The third-order valence-electron chi connectivity index (χ3n) is 8.38. The largest absolute Gasteiger partial charge is 0.386 e. The summed E-state index contributed by atoms with van der Waals surface area (Å²) in [5.74, 6) is -0.777. The number of hydrogen-bond donors (Lipinski definition) is 2. The van der Waals surface area contributed by atoms with E-state index in [-0.39, 0.29) is 45.4 Å². The van der Waals surface area contributed by atoms with E-state index in [1.54, 1.807) is 37.3 Å². The summed E-state index contributed by atoms with van der Waals surface area (Å²) >= 11 is 12.3. The SMILES string of the molecule is Cc1ccc(S(=O)(=O)OC[C@H](O)c2ccc(N(C)S(C)(=O)=O)c(C(=O)Nc3ccc(S(=O)(=O)N4CCN(c5cc(Cl)cc(Cl)c5)CC4)cc3)c2)cc1.